The Bertz CT molecular complexity index is 338. The third-order valence-electron chi connectivity index (χ3n) is 3.16. The van der Waals surface area contributed by atoms with E-state index in [-0.39, 0.29) is 0 Å². The maximum Gasteiger partial charge on any atom is 0.488 e. The van der Waals surface area contributed by atoms with E-state index < -0.39 is 7.12 Å². The molecule has 3 nitrogen and oxygen atoms in total. The van der Waals surface area contributed by atoms with Crippen LogP contribution in [0.5, 0.6) is 0 Å². The van der Waals surface area contributed by atoms with Crippen molar-refractivity contribution in [3.05, 3.63) is 24.3 Å². The standard InChI is InChI=1S/C12H18BNO2/c15-13(16)10-5-4-8-12(9-10)14-11-6-2-1-3-7-11/h4-5,8-9,11,14-16H,1-3,6-7H2. The molecule has 3 N–H and O–H groups in total. The predicted molar refractivity (Wildman–Crippen MR) is 66.8 cm³/mol. The summed E-state index contributed by atoms with van der Waals surface area (Å²) in [4.78, 5) is 0. The zero-order valence-corrected chi connectivity index (χ0v) is 9.39. The summed E-state index contributed by atoms with van der Waals surface area (Å²) in [5, 5.41) is 21.6. The number of benzene rings is 1. The maximum absolute atomic E-state index is 9.08. The molecule has 16 heavy (non-hydrogen) atoms. The van der Waals surface area contributed by atoms with Crippen LogP contribution < -0.4 is 10.8 Å². The lowest BCUT2D eigenvalue weighted by Gasteiger charge is -2.24. The molecule has 4 heteroatoms. The molecule has 0 spiro atoms. The van der Waals surface area contributed by atoms with Gasteiger partial charge in [-0.1, -0.05) is 31.4 Å². The molecule has 1 aromatic rings. The van der Waals surface area contributed by atoms with Gasteiger partial charge >= 0.3 is 7.12 Å². The molecule has 0 aromatic heterocycles. The van der Waals surface area contributed by atoms with E-state index in [0.717, 1.165) is 5.69 Å². The van der Waals surface area contributed by atoms with E-state index in [1.54, 1.807) is 12.1 Å². The van der Waals surface area contributed by atoms with E-state index in [1.165, 1.54) is 32.1 Å². The zero-order valence-electron chi connectivity index (χ0n) is 9.39. The second-order valence-corrected chi connectivity index (χ2v) is 4.48. The molecule has 1 fully saturated rings. The molecule has 0 unspecified atom stereocenters. The van der Waals surface area contributed by atoms with Gasteiger partial charge in [-0.25, -0.2) is 0 Å². The Hall–Kier alpha value is -0.995. The average Bonchev–Trinajstić information content (AvgIpc) is 2.30. The highest BCUT2D eigenvalue weighted by molar-refractivity contribution is 6.58. The molecule has 0 saturated heterocycles. The van der Waals surface area contributed by atoms with Crippen molar-refractivity contribution >= 4 is 18.3 Å². The number of nitrogens with one attached hydrogen (secondary N) is 1. The van der Waals surface area contributed by atoms with E-state index in [1.807, 2.05) is 12.1 Å². The molecule has 0 heterocycles. The lowest BCUT2D eigenvalue weighted by atomic mass is 9.80. The fourth-order valence-electron chi connectivity index (χ4n) is 2.27. The minimum absolute atomic E-state index is 0.542. The summed E-state index contributed by atoms with van der Waals surface area (Å²) in [6.45, 7) is 0. The highest BCUT2D eigenvalue weighted by Gasteiger charge is 2.14. The van der Waals surface area contributed by atoms with Gasteiger partial charge in [-0.05, 0) is 30.4 Å². The van der Waals surface area contributed by atoms with Gasteiger partial charge in [-0.2, -0.15) is 0 Å². The van der Waals surface area contributed by atoms with E-state index >= 15 is 0 Å². The Kier molecular flexibility index (Phi) is 3.85. The van der Waals surface area contributed by atoms with Gasteiger partial charge in [0.25, 0.3) is 0 Å². The van der Waals surface area contributed by atoms with Gasteiger partial charge in [0.2, 0.25) is 0 Å². The molecule has 0 bridgehead atoms. The van der Waals surface area contributed by atoms with Crippen LogP contribution in [0.25, 0.3) is 0 Å². The van der Waals surface area contributed by atoms with E-state index in [0.29, 0.717) is 11.5 Å². The molecule has 0 atom stereocenters. The van der Waals surface area contributed by atoms with Crippen molar-refractivity contribution in [1.82, 2.24) is 0 Å². The number of hydrogen-bond donors (Lipinski definition) is 3. The molecule has 1 aliphatic carbocycles. The highest BCUT2D eigenvalue weighted by atomic mass is 16.4. The Morgan fingerprint density at radius 1 is 1.12 bits per heavy atom. The van der Waals surface area contributed by atoms with Gasteiger partial charge in [-0.15, -0.1) is 0 Å². The predicted octanol–water partition coefficient (Wildman–Crippen LogP) is 1.11. The van der Waals surface area contributed by atoms with E-state index in [9.17, 15) is 0 Å². The summed E-state index contributed by atoms with van der Waals surface area (Å²) >= 11 is 0. The Morgan fingerprint density at radius 2 is 1.88 bits per heavy atom. The van der Waals surface area contributed by atoms with Crippen LogP contribution in [0.3, 0.4) is 0 Å². The first-order valence-corrected chi connectivity index (χ1v) is 5.98. The van der Waals surface area contributed by atoms with Crippen molar-refractivity contribution in [1.29, 1.82) is 0 Å². The van der Waals surface area contributed by atoms with E-state index in [4.69, 9.17) is 10.0 Å². The lowest BCUT2D eigenvalue weighted by molar-refractivity contribution is 0.425. The van der Waals surface area contributed by atoms with Crippen LogP contribution in [-0.2, 0) is 0 Å². The fourth-order valence-corrected chi connectivity index (χ4v) is 2.27. The summed E-state index contributed by atoms with van der Waals surface area (Å²) in [7, 11) is -1.38. The van der Waals surface area contributed by atoms with E-state index in [2.05, 4.69) is 5.32 Å². The first-order chi connectivity index (χ1) is 7.75. The van der Waals surface area contributed by atoms with Crippen molar-refractivity contribution in [3.63, 3.8) is 0 Å². The average molecular weight is 219 g/mol. The SMILES string of the molecule is OB(O)c1cccc(NC2CCCCC2)c1. The number of rotatable bonds is 3. The molecule has 1 saturated carbocycles. The van der Waals surface area contributed by atoms with Crippen molar-refractivity contribution in [2.75, 3.05) is 5.32 Å². The monoisotopic (exact) mass is 219 g/mol. The van der Waals surface area contributed by atoms with Gasteiger partial charge in [0.1, 0.15) is 0 Å². The van der Waals surface area contributed by atoms with Crippen molar-refractivity contribution in [2.24, 2.45) is 0 Å². The summed E-state index contributed by atoms with van der Waals surface area (Å²) < 4.78 is 0. The normalized spacial score (nSPS) is 17.1. The third kappa shape index (κ3) is 3.00. The van der Waals surface area contributed by atoms with Crippen molar-refractivity contribution < 1.29 is 10.0 Å². The molecule has 1 aromatic carbocycles. The second-order valence-electron chi connectivity index (χ2n) is 4.48. The summed E-state index contributed by atoms with van der Waals surface area (Å²) in [5.41, 5.74) is 1.53. The minimum atomic E-state index is -1.38. The second kappa shape index (κ2) is 5.37. The molecular weight excluding hydrogens is 201 g/mol. The zero-order chi connectivity index (χ0) is 11.4. The number of hydrogen-bond acceptors (Lipinski definition) is 3. The molecule has 0 amide bonds. The van der Waals surface area contributed by atoms with Gasteiger partial charge in [0, 0.05) is 11.7 Å². The van der Waals surface area contributed by atoms with Gasteiger partial charge in [-0.3, -0.25) is 0 Å². The van der Waals surface area contributed by atoms with Crippen molar-refractivity contribution in [2.45, 2.75) is 38.1 Å². The van der Waals surface area contributed by atoms with Crippen LogP contribution in [-0.4, -0.2) is 23.2 Å². The maximum atomic E-state index is 9.08. The van der Waals surface area contributed by atoms with Gasteiger partial charge < -0.3 is 15.4 Å². The minimum Gasteiger partial charge on any atom is -0.423 e. The largest absolute Gasteiger partial charge is 0.488 e. The van der Waals surface area contributed by atoms with Crippen LogP contribution >= 0.6 is 0 Å². The molecule has 2 rings (SSSR count). The molecule has 0 radical (unpaired) electrons. The topological polar surface area (TPSA) is 52.5 Å². The molecular formula is C12H18BNO2. The van der Waals surface area contributed by atoms with Gasteiger partial charge in [0.15, 0.2) is 0 Å². The smallest absolute Gasteiger partial charge is 0.423 e. The van der Waals surface area contributed by atoms with Crippen LogP contribution in [0.2, 0.25) is 0 Å². The summed E-state index contributed by atoms with van der Waals surface area (Å²) in [6.07, 6.45) is 6.35. The first-order valence-electron chi connectivity index (χ1n) is 5.98. The number of anilines is 1. The third-order valence-corrected chi connectivity index (χ3v) is 3.16. The summed E-state index contributed by atoms with van der Waals surface area (Å²) in [5.74, 6) is 0. The lowest BCUT2D eigenvalue weighted by Crippen LogP contribution is -2.30. The quantitative estimate of drug-likeness (QED) is 0.667. The Morgan fingerprint density at radius 3 is 2.56 bits per heavy atom. The molecule has 1 aliphatic rings. The van der Waals surface area contributed by atoms with Crippen LogP contribution in [0.15, 0.2) is 24.3 Å². The van der Waals surface area contributed by atoms with Gasteiger partial charge in [0.05, 0.1) is 0 Å². The van der Waals surface area contributed by atoms with Crippen LogP contribution in [0, 0.1) is 0 Å². The Balaban J connectivity index is 2.00. The van der Waals surface area contributed by atoms with Crippen LogP contribution in [0.4, 0.5) is 5.69 Å². The Labute approximate surface area is 96.6 Å². The molecule has 86 valence electrons. The molecule has 0 aliphatic heterocycles. The van der Waals surface area contributed by atoms with Crippen LogP contribution in [0.1, 0.15) is 32.1 Å². The fraction of sp³-hybridized carbons (Fsp3) is 0.500. The summed E-state index contributed by atoms with van der Waals surface area (Å²) in [6, 6.07) is 7.89. The first kappa shape index (κ1) is 11.5. The van der Waals surface area contributed by atoms with Crippen molar-refractivity contribution in [3.8, 4) is 0 Å². The highest BCUT2D eigenvalue weighted by Crippen LogP contribution is 2.21.